The summed E-state index contributed by atoms with van der Waals surface area (Å²) < 4.78 is 9.05. The normalized spacial score (nSPS) is 11.3. The van der Waals surface area contributed by atoms with Crippen molar-refractivity contribution in [1.29, 1.82) is 0 Å². The summed E-state index contributed by atoms with van der Waals surface area (Å²) in [4.78, 5) is 4.36. The number of aromatic nitrogens is 5. The van der Waals surface area contributed by atoms with E-state index < -0.39 is 0 Å². The smallest absolute Gasteiger partial charge is 0.242 e. The lowest BCUT2D eigenvalue weighted by Gasteiger charge is -2.06. The van der Waals surface area contributed by atoms with Crippen molar-refractivity contribution in [2.45, 2.75) is 6.92 Å². The number of methoxy groups -OCH3 is 1. The van der Waals surface area contributed by atoms with Gasteiger partial charge in [0, 0.05) is 24.2 Å². The summed E-state index contributed by atoms with van der Waals surface area (Å²) >= 11 is 0. The van der Waals surface area contributed by atoms with E-state index in [2.05, 4.69) is 21.2 Å². The molecule has 104 valence electrons. The lowest BCUT2D eigenvalue weighted by atomic mass is 10.1. The molecule has 0 aliphatic carbocycles. The van der Waals surface area contributed by atoms with Crippen LogP contribution in [0.1, 0.15) is 5.82 Å². The SMILES string of the molecule is COc1nc(C)nn2ccc(-c3ccn4nccc4c3)c12. The van der Waals surface area contributed by atoms with Crippen LogP contribution in [0.5, 0.6) is 5.88 Å². The van der Waals surface area contributed by atoms with Crippen LogP contribution in [-0.4, -0.2) is 31.3 Å². The second kappa shape index (κ2) is 4.31. The maximum absolute atomic E-state index is 5.41. The Bertz CT molecular complexity index is 953. The molecule has 6 nitrogen and oxygen atoms in total. The van der Waals surface area contributed by atoms with E-state index >= 15 is 0 Å². The minimum atomic E-state index is 0.580. The molecule has 0 aliphatic heterocycles. The first-order chi connectivity index (χ1) is 10.3. The Morgan fingerprint density at radius 3 is 2.81 bits per heavy atom. The number of aryl methyl sites for hydroxylation is 1. The molecule has 0 amide bonds. The lowest BCUT2D eigenvalue weighted by Crippen LogP contribution is -2.01. The third kappa shape index (κ3) is 1.76. The van der Waals surface area contributed by atoms with E-state index in [1.165, 1.54) is 0 Å². The van der Waals surface area contributed by atoms with Gasteiger partial charge in [-0.05, 0) is 36.8 Å². The predicted octanol–water partition coefficient (Wildman–Crippen LogP) is 2.36. The van der Waals surface area contributed by atoms with Crippen LogP contribution in [0.2, 0.25) is 0 Å². The van der Waals surface area contributed by atoms with Crippen molar-refractivity contribution in [3.05, 3.63) is 48.7 Å². The molecule has 4 rings (SSSR count). The van der Waals surface area contributed by atoms with Crippen LogP contribution in [0, 0.1) is 6.92 Å². The molecule has 4 heterocycles. The predicted molar refractivity (Wildman–Crippen MR) is 78.5 cm³/mol. The summed E-state index contributed by atoms with van der Waals surface area (Å²) in [6.07, 6.45) is 5.64. The van der Waals surface area contributed by atoms with Gasteiger partial charge < -0.3 is 4.74 Å². The fraction of sp³-hybridized carbons (Fsp3) is 0.133. The molecule has 0 aliphatic rings. The number of hydrogen-bond acceptors (Lipinski definition) is 4. The topological polar surface area (TPSA) is 56.7 Å². The van der Waals surface area contributed by atoms with Gasteiger partial charge in [-0.1, -0.05) is 0 Å². The quantitative estimate of drug-likeness (QED) is 0.565. The first-order valence-corrected chi connectivity index (χ1v) is 6.60. The van der Waals surface area contributed by atoms with Gasteiger partial charge in [0.2, 0.25) is 5.88 Å². The van der Waals surface area contributed by atoms with Gasteiger partial charge in [0.25, 0.3) is 0 Å². The third-order valence-electron chi connectivity index (χ3n) is 3.49. The molecule has 6 heteroatoms. The Morgan fingerprint density at radius 2 is 1.95 bits per heavy atom. The van der Waals surface area contributed by atoms with E-state index in [1.807, 2.05) is 42.0 Å². The Labute approximate surface area is 120 Å². The minimum Gasteiger partial charge on any atom is -0.479 e. The number of pyridine rings is 1. The molecule has 0 atom stereocenters. The second-order valence-corrected chi connectivity index (χ2v) is 4.81. The number of hydrogen-bond donors (Lipinski definition) is 0. The summed E-state index contributed by atoms with van der Waals surface area (Å²) in [6.45, 7) is 1.85. The van der Waals surface area contributed by atoms with E-state index in [-0.39, 0.29) is 0 Å². The molecule has 0 saturated carbocycles. The van der Waals surface area contributed by atoms with Crippen LogP contribution in [0.3, 0.4) is 0 Å². The molecule has 0 radical (unpaired) electrons. The van der Waals surface area contributed by atoms with Crippen LogP contribution < -0.4 is 4.74 Å². The van der Waals surface area contributed by atoms with E-state index in [4.69, 9.17) is 4.74 Å². The summed E-state index contributed by atoms with van der Waals surface area (Å²) in [5, 5.41) is 8.60. The molecular formula is C15H13N5O. The highest BCUT2D eigenvalue weighted by Crippen LogP contribution is 2.31. The van der Waals surface area contributed by atoms with E-state index in [1.54, 1.807) is 17.8 Å². The molecule has 0 aromatic carbocycles. The van der Waals surface area contributed by atoms with Crippen molar-refractivity contribution in [1.82, 2.24) is 24.2 Å². The summed E-state index contributed by atoms with van der Waals surface area (Å²) in [7, 11) is 1.62. The lowest BCUT2D eigenvalue weighted by molar-refractivity contribution is 0.397. The van der Waals surface area contributed by atoms with Gasteiger partial charge in [-0.3, -0.25) is 0 Å². The van der Waals surface area contributed by atoms with Gasteiger partial charge in [0.15, 0.2) is 0 Å². The van der Waals surface area contributed by atoms with Crippen molar-refractivity contribution < 1.29 is 4.74 Å². The first-order valence-electron chi connectivity index (χ1n) is 6.60. The van der Waals surface area contributed by atoms with Gasteiger partial charge >= 0.3 is 0 Å². The standard InChI is InChI=1S/C15H13N5O/c1-10-17-15(21-2)14-13(5-8-20(14)18-10)11-4-7-19-12(9-11)3-6-16-19/h3-9H,1-2H3. The monoisotopic (exact) mass is 279 g/mol. The average molecular weight is 279 g/mol. The van der Waals surface area contributed by atoms with Crippen LogP contribution in [0.25, 0.3) is 22.2 Å². The number of ether oxygens (including phenoxy) is 1. The van der Waals surface area contributed by atoms with Crippen molar-refractivity contribution >= 4 is 11.0 Å². The summed E-state index contributed by atoms with van der Waals surface area (Å²) in [5.41, 5.74) is 4.03. The molecule has 0 unspecified atom stereocenters. The fourth-order valence-corrected chi connectivity index (χ4v) is 2.56. The maximum Gasteiger partial charge on any atom is 0.242 e. The van der Waals surface area contributed by atoms with Gasteiger partial charge in [-0.25, -0.2) is 9.03 Å². The van der Waals surface area contributed by atoms with Crippen molar-refractivity contribution in [3.63, 3.8) is 0 Å². The summed E-state index contributed by atoms with van der Waals surface area (Å²) in [6, 6.07) is 8.10. The third-order valence-corrected chi connectivity index (χ3v) is 3.49. The Hall–Kier alpha value is -2.89. The highest BCUT2D eigenvalue weighted by molar-refractivity contribution is 5.85. The zero-order chi connectivity index (χ0) is 14.4. The van der Waals surface area contributed by atoms with Crippen LogP contribution in [-0.2, 0) is 0 Å². The highest BCUT2D eigenvalue weighted by atomic mass is 16.5. The molecule has 0 N–H and O–H groups in total. The van der Waals surface area contributed by atoms with Crippen LogP contribution in [0.15, 0.2) is 42.9 Å². The largest absolute Gasteiger partial charge is 0.479 e. The second-order valence-electron chi connectivity index (χ2n) is 4.81. The fourth-order valence-electron chi connectivity index (χ4n) is 2.56. The number of nitrogens with zero attached hydrogens (tertiary/aromatic N) is 5. The maximum atomic E-state index is 5.41. The number of fused-ring (bicyclic) bond motifs is 2. The molecule has 4 aromatic heterocycles. The zero-order valence-electron chi connectivity index (χ0n) is 11.7. The van der Waals surface area contributed by atoms with Crippen LogP contribution in [0.4, 0.5) is 0 Å². The average Bonchev–Trinajstić information content (AvgIpc) is 3.11. The molecule has 0 saturated heterocycles. The van der Waals surface area contributed by atoms with Gasteiger partial charge in [0.05, 0.1) is 12.6 Å². The molecule has 21 heavy (non-hydrogen) atoms. The van der Waals surface area contributed by atoms with Crippen molar-refractivity contribution in [2.75, 3.05) is 7.11 Å². The zero-order valence-corrected chi connectivity index (χ0v) is 11.7. The molecule has 4 aromatic rings. The highest BCUT2D eigenvalue weighted by Gasteiger charge is 2.13. The number of rotatable bonds is 2. The van der Waals surface area contributed by atoms with Crippen molar-refractivity contribution in [3.8, 4) is 17.0 Å². The van der Waals surface area contributed by atoms with E-state index in [0.29, 0.717) is 11.7 Å². The van der Waals surface area contributed by atoms with Crippen molar-refractivity contribution in [2.24, 2.45) is 0 Å². The summed E-state index contributed by atoms with van der Waals surface area (Å²) in [5.74, 6) is 1.25. The van der Waals surface area contributed by atoms with Crippen LogP contribution >= 0.6 is 0 Å². The minimum absolute atomic E-state index is 0.580. The van der Waals surface area contributed by atoms with E-state index in [0.717, 1.165) is 22.2 Å². The molecule has 0 bridgehead atoms. The molecule has 0 spiro atoms. The molecular weight excluding hydrogens is 266 g/mol. The van der Waals surface area contributed by atoms with Gasteiger partial charge in [0.1, 0.15) is 11.3 Å². The Kier molecular flexibility index (Phi) is 2.44. The van der Waals surface area contributed by atoms with Gasteiger partial charge in [-0.15, -0.1) is 0 Å². The Balaban J connectivity index is 2.01. The Morgan fingerprint density at radius 1 is 1.10 bits per heavy atom. The van der Waals surface area contributed by atoms with Gasteiger partial charge in [-0.2, -0.15) is 15.2 Å². The van der Waals surface area contributed by atoms with E-state index in [9.17, 15) is 0 Å². The first kappa shape index (κ1) is 11.9. The molecule has 0 fully saturated rings.